The number of hydrogen-bond acceptors (Lipinski definition) is 4. The molecule has 7 heteroatoms. The van der Waals surface area contributed by atoms with Gasteiger partial charge in [0.1, 0.15) is 0 Å². The molecule has 0 amide bonds. The second-order valence-corrected chi connectivity index (χ2v) is 5.78. The zero-order chi connectivity index (χ0) is 10.6. The summed E-state index contributed by atoms with van der Waals surface area (Å²) >= 11 is 16.9. The summed E-state index contributed by atoms with van der Waals surface area (Å²) in [6.07, 6.45) is 0.0128. The highest BCUT2D eigenvalue weighted by Gasteiger charge is 2.61. The number of ether oxygens (including phenoxy) is 1. The molecule has 2 rings (SSSR count). The number of hydrogen-bond donors (Lipinski definition) is 1. The van der Waals surface area contributed by atoms with Crippen LogP contribution in [0, 0.1) is 0 Å². The van der Waals surface area contributed by atoms with Crippen molar-refractivity contribution in [3.63, 3.8) is 0 Å². The van der Waals surface area contributed by atoms with Crippen LogP contribution in [-0.4, -0.2) is 38.3 Å². The molecule has 2 heterocycles. The Balaban J connectivity index is 2.30. The van der Waals surface area contributed by atoms with Gasteiger partial charge in [-0.15, -0.1) is 0 Å². The van der Waals surface area contributed by atoms with Crippen LogP contribution in [0.5, 0.6) is 0 Å². The Bertz CT molecular complexity index is 280. The first kappa shape index (κ1) is 10.8. The molecule has 0 bridgehead atoms. The van der Waals surface area contributed by atoms with Crippen LogP contribution in [0.25, 0.3) is 0 Å². The van der Waals surface area contributed by atoms with Crippen molar-refractivity contribution >= 4 is 40.8 Å². The lowest BCUT2D eigenvalue weighted by molar-refractivity contribution is -0.157. The van der Waals surface area contributed by atoms with Gasteiger partial charge in [0, 0.05) is 13.0 Å². The van der Waals surface area contributed by atoms with Gasteiger partial charge in [0.2, 0.25) is 15.7 Å². The van der Waals surface area contributed by atoms with Gasteiger partial charge in [-0.05, 0) is 6.42 Å². The Labute approximate surface area is 95.7 Å². The van der Waals surface area contributed by atoms with Crippen LogP contribution in [-0.2, 0) is 9.53 Å². The molecule has 4 nitrogen and oxygen atoms in total. The zero-order valence-corrected chi connectivity index (χ0v) is 9.31. The standard InChI is InChI=1S/C7H8Cl3NO3/c8-7(9,10)4-11-3-1-2-6(11,13)5(12)14-4/h4,13H,1-3H2/t4-,6-/m0/s1. The molecule has 2 aliphatic heterocycles. The smallest absolute Gasteiger partial charge is 0.355 e. The van der Waals surface area contributed by atoms with Crippen molar-refractivity contribution in [2.24, 2.45) is 0 Å². The van der Waals surface area contributed by atoms with Crippen LogP contribution >= 0.6 is 34.8 Å². The summed E-state index contributed by atoms with van der Waals surface area (Å²) < 4.78 is 3.11. The van der Waals surface area contributed by atoms with Gasteiger partial charge in [0.05, 0.1) is 0 Å². The van der Waals surface area contributed by atoms with E-state index in [0.29, 0.717) is 19.4 Å². The monoisotopic (exact) mass is 259 g/mol. The van der Waals surface area contributed by atoms with Crippen molar-refractivity contribution in [2.75, 3.05) is 6.54 Å². The van der Waals surface area contributed by atoms with E-state index in [4.69, 9.17) is 39.5 Å². The summed E-state index contributed by atoms with van der Waals surface area (Å²) in [5.41, 5.74) is -1.59. The molecular weight excluding hydrogens is 252 g/mol. The van der Waals surface area contributed by atoms with E-state index in [9.17, 15) is 9.90 Å². The van der Waals surface area contributed by atoms with Crippen molar-refractivity contribution < 1.29 is 14.6 Å². The molecule has 14 heavy (non-hydrogen) atoms. The van der Waals surface area contributed by atoms with E-state index in [2.05, 4.69) is 0 Å². The molecule has 0 radical (unpaired) electrons. The highest BCUT2D eigenvalue weighted by atomic mass is 35.6. The number of cyclic esters (lactones) is 1. The van der Waals surface area contributed by atoms with Crippen molar-refractivity contribution in [1.82, 2.24) is 4.90 Å². The molecule has 2 aliphatic rings. The second kappa shape index (κ2) is 3.12. The molecule has 0 aliphatic carbocycles. The number of esters is 1. The highest BCUT2D eigenvalue weighted by molar-refractivity contribution is 6.68. The third-order valence-electron chi connectivity index (χ3n) is 2.51. The lowest BCUT2D eigenvalue weighted by Crippen LogP contribution is -2.48. The van der Waals surface area contributed by atoms with E-state index < -0.39 is 21.7 Å². The van der Waals surface area contributed by atoms with Gasteiger partial charge in [0.15, 0.2) is 0 Å². The fourth-order valence-corrected chi connectivity index (χ4v) is 2.34. The molecule has 0 spiro atoms. The normalized spacial score (nSPS) is 38.6. The van der Waals surface area contributed by atoms with E-state index in [-0.39, 0.29) is 0 Å². The molecule has 0 aromatic carbocycles. The topological polar surface area (TPSA) is 49.8 Å². The minimum atomic E-state index is -1.73. The Morgan fingerprint density at radius 2 is 2.21 bits per heavy atom. The predicted molar refractivity (Wildman–Crippen MR) is 51.1 cm³/mol. The highest BCUT2D eigenvalue weighted by Crippen LogP contribution is 2.45. The molecule has 1 N–H and O–H groups in total. The number of rotatable bonds is 0. The third kappa shape index (κ3) is 1.41. The first-order valence-electron chi connectivity index (χ1n) is 4.12. The number of fused-ring (bicyclic) bond motifs is 1. The Morgan fingerprint density at radius 1 is 1.57 bits per heavy atom. The van der Waals surface area contributed by atoms with E-state index in [1.807, 2.05) is 0 Å². The van der Waals surface area contributed by atoms with Crippen molar-refractivity contribution in [2.45, 2.75) is 28.6 Å². The molecule has 2 saturated heterocycles. The van der Waals surface area contributed by atoms with E-state index in [0.717, 1.165) is 0 Å². The number of carbonyl (C=O) groups excluding carboxylic acids is 1. The lowest BCUT2D eigenvalue weighted by atomic mass is 10.2. The number of halogens is 3. The average Bonchev–Trinajstić information content (AvgIpc) is 2.49. The lowest BCUT2D eigenvalue weighted by Gasteiger charge is -2.28. The van der Waals surface area contributed by atoms with Crippen LogP contribution in [0.4, 0.5) is 0 Å². The van der Waals surface area contributed by atoms with Gasteiger partial charge < -0.3 is 9.84 Å². The van der Waals surface area contributed by atoms with E-state index >= 15 is 0 Å². The Hall–Kier alpha value is 0.260. The fraction of sp³-hybridized carbons (Fsp3) is 0.857. The van der Waals surface area contributed by atoms with Crippen molar-refractivity contribution in [1.29, 1.82) is 0 Å². The van der Waals surface area contributed by atoms with Gasteiger partial charge in [-0.2, -0.15) is 0 Å². The number of alkyl halides is 3. The van der Waals surface area contributed by atoms with Crippen molar-refractivity contribution in [3.8, 4) is 0 Å². The maximum absolute atomic E-state index is 11.3. The van der Waals surface area contributed by atoms with Gasteiger partial charge in [-0.25, -0.2) is 9.69 Å². The molecular formula is C7H8Cl3NO3. The predicted octanol–water partition coefficient (Wildman–Crippen LogP) is 1.02. The molecule has 0 aromatic heterocycles. The van der Waals surface area contributed by atoms with Crippen LogP contribution in [0.1, 0.15) is 12.8 Å². The minimum absolute atomic E-state index is 0.322. The summed E-state index contributed by atoms with van der Waals surface area (Å²) in [4.78, 5) is 12.7. The summed E-state index contributed by atoms with van der Waals surface area (Å²) in [6, 6.07) is 0. The third-order valence-corrected chi connectivity index (χ3v) is 3.07. The van der Waals surface area contributed by atoms with Crippen LogP contribution in [0.3, 0.4) is 0 Å². The van der Waals surface area contributed by atoms with Gasteiger partial charge in [-0.3, -0.25) is 0 Å². The maximum atomic E-state index is 11.3. The summed E-state index contributed by atoms with van der Waals surface area (Å²) in [5.74, 6) is -0.730. The number of nitrogens with zero attached hydrogens (tertiary/aromatic N) is 1. The van der Waals surface area contributed by atoms with Crippen LogP contribution < -0.4 is 0 Å². The quantitative estimate of drug-likeness (QED) is 0.522. The van der Waals surface area contributed by atoms with Crippen LogP contribution in [0.2, 0.25) is 0 Å². The summed E-state index contributed by atoms with van der Waals surface area (Å²) in [6.45, 7) is 0.487. The summed E-state index contributed by atoms with van der Waals surface area (Å²) in [5, 5.41) is 9.91. The Morgan fingerprint density at radius 3 is 2.79 bits per heavy atom. The molecule has 2 fully saturated rings. The molecule has 0 saturated carbocycles. The fourth-order valence-electron chi connectivity index (χ4n) is 1.86. The van der Waals surface area contributed by atoms with Crippen molar-refractivity contribution in [3.05, 3.63) is 0 Å². The zero-order valence-electron chi connectivity index (χ0n) is 7.04. The first-order chi connectivity index (χ1) is 6.36. The number of carbonyl (C=O) groups is 1. The maximum Gasteiger partial charge on any atom is 0.355 e. The Kier molecular flexibility index (Phi) is 2.40. The average molecular weight is 261 g/mol. The van der Waals surface area contributed by atoms with E-state index in [1.54, 1.807) is 0 Å². The SMILES string of the molecule is O=C1O[C@@H](C(Cl)(Cl)Cl)N2CCC[C@]12O. The molecule has 2 atom stereocenters. The minimum Gasteiger partial charge on any atom is -0.438 e. The molecule has 0 aromatic rings. The molecule has 0 unspecified atom stereocenters. The van der Waals surface area contributed by atoms with Gasteiger partial charge in [0.25, 0.3) is 0 Å². The largest absolute Gasteiger partial charge is 0.438 e. The number of aliphatic hydroxyl groups is 1. The molecule has 80 valence electrons. The van der Waals surface area contributed by atoms with E-state index in [1.165, 1.54) is 4.90 Å². The van der Waals surface area contributed by atoms with Gasteiger partial charge >= 0.3 is 5.97 Å². The van der Waals surface area contributed by atoms with Gasteiger partial charge in [-0.1, -0.05) is 34.8 Å². The first-order valence-corrected chi connectivity index (χ1v) is 5.26. The summed E-state index contributed by atoms with van der Waals surface area (Å²) in [7, 11) is 0. The second-order valence-electron chi connectivity index (χ2n) is 3.41. The van der Waals surface area contributed by atoms with Crippen LogP contribution in [0.15, 0.2) is 0 Å².